The van der Waals surface area contributed by atoms with Gasteiger partial charge in [-0.1, -0.05) is 6.07 Å². The molecule has 0 aliphatic heterocycles. The van der Waals surface area contributed by atoms with E-state index >= 15 is 0 Å². The molecular formula is C12H18N2O2. The van der Waals surface area contributed by atoms with Gasteiger partial charge >= 0.3 is 0 Å². The van der Waals surface area contributed by atoms with Gasteiger partial charge < -0.3 is 15.4 Å². The lowest BCUT2D eigenvalue weighted by Gasteiger charge is -2.11. The Morgan fingerprint density at radius 3 is 2.75 bits per heavy atom. The first kappa shape index (κ1) is 12.5. The zero-order valence-corrected chi connectivity index (χ0v) is 9.96. The van der Waals surface area contributed by atoms with Crippen molar-refractivity contribution in [1.82, 2.24) is 5.32 Å². The van der Waals surface area contributed by atoms with E-state index in [4.69, 9.17) is 4.74 Å². The molecule has 4 heteroatoms. The molecule has 0 spiro atoms. The van der Waals surface area contributed by atoms with E-state index in [0.29, 0.717) is 0 Å². The lowest BCUT2D eigenvalue weighted by Crippen LogP contribution is -2.13. The minimum atomic E-state index is -0.0704. The van der Waals surface area contributed by atoms with E-state index in [1.807, 2.05) is 25.2 Å². The smallest absolute Gasteiger partial charge is 0.221 e. The van der Waals surface area contributed by atoms with E-state index in [1.165, 1.54) is 6.92 Å². The van der Waals surface area contributed by atoms with E-state index in [1.54, 1.807) is 7.11 Å². The molecule has 0 saturated heterocycles. The summed E-state index contributed by atoms with van der Waals surface area (Å²) in [5.41, 5.74) is 1.92. The Balaban J connectivity index is 2.91. The molecule has 0 aliphatic carbocycles. The Labute approximate surface area is 96.0 Å². The number of carbonyl (C=O) groups is 1. The first-order valence-electron chi connectivity index (χ1n) is 5.26. The molecule has 1 aromatic rings. The first-order valence-corrected chi connectivity index (χ1v) is 5.26. The number of hydrogen-bond donors (Lipinski definition) is 2. The van der Waals surface area contributed by atoms with Crippen molar-refractivity contribution in [1.29, 1.82) is 0 Å². The molecule has 1 aromatic carbocycles. The van der Waals surface area contributed by atoms with Crippen molar-refractivity contribution < 1.29 is 9.53 Å². The Morgan fingerprint density at radius 1 is 1.44 bits per heavy atom. The van der Waals surface area contributed by atoms with Gasteiger partial charge in [0, 0.05) is 18.7 Å². The minimum absolute atomic E-state index is 0.0704. The quantitative estimate of drug-likeness (QED) is 0.792. The fourth-order valence-electron chi connectivity index (χ4n) is 1.47. The second-order valence-electron chi connectivity index (χ2n) is 3.56. The van der Waals surface area contributed by atoms with E-state index < -0.39 is 0 Å². The van der Waals surface area contributed by atoms with E-state index in [9.17, 15) is 4.79 Å². The van der Waals surface area contributed by atoms with Gasteiger partial charge in [-0.2, -0.15) is 0 Å². The van der Waals surface area contributed by atoms with Crippen LogP contribution in [0.1, 0.15) is 12.5 Å². The van der Waals surface area contributed by atoms with Crippen molar-refractivity contribution in [3.8, 4) is 5.75 Å². The molecule has 0 atom stereocenters. The summed E-state index contributed by atoms with van der Waals surface area (Å²) in [5, 5.41) is 5.89. The number of anilines is 1. The Morgan fingerprint density at radius 2 is 2.19 bits per heavy atom. The third kappa shape index (κ3) is 3.55. The Kier molecular flexibility index (Phi) is 4.79. The zero-order chi connectivity index (χ0) is 12.0. The van der Waals surface area contributed by atoms with Crippen LogP contribution in [0.15, 0.2) is 18.2 Å². The maximum absolute atomic E-state index is 11.1. The molecular weight excluding hydrogens is 204 g/mol. The van der Waals surface area contributed by atoms with Crippen molar-refractivity contribution in [3.05, 3.63) is 23.8 Å². The lowest BCUT2D eigenvalue weighted by molar-refractivity contribution is -0.114. The molecule has 4 nitrogen and oxygen atoms in total. The fourth-order valence-corrected chi connectivity index (χ4v) is 1.47. The van der Waals surface area contributed by atoms with Gasteiger partial charge in [0.25, 0.3) is 0 Å². The van der Waals surface area contributed by atoms with Crippen LogP contribution in [0.3, 0.4) is 0 Å². The molecule has 0 fully saturated rings. The normalized spacial score (nSPS) is 9.94. The van der Waals surface area contributed by atoms with Gasteiger partial charge in [0.2, 0.25) is 5.91 Å². The molecule has 0 aliphatic rings. The molecule has 0 heterocycles. The summed E-state index contributed by atoms with van der Waals surface area (Å²) in [6, 6.07) is 5.71. The van der Waals surface area contributed by atoms with Crippen molar-refractivity contribution in [2.45, 2.75) is 13.3 Å². The van der Waals surface area contributed by atoms with Gasteiger partial charge in [-0.15, -0.1) is 0 Å². The molecule has 0 saturated carbocycles. The maximum Gasteiger partial charge on any atom is 0.221 e. The molecule has 0 radical (unpaired) electrons. The van der Waals surface area contributed by atoms with Crippen LogP contribution in [0, 0.1) is 0 Å². The maximum atomic E-state index is 11.1. The van der Waals surface area contributed by atoms with Gasteiger partial charge in [-0.05, 0) is 31.6 Å². The van der Waals surface area contributed by atoms with E-state index in [-0.39, 0.29) is 5.91 Å². The third-order valence-corrected chi connectivity index (χ3v) is 2.27. The van der Waals surface area contributed by atoms with Crippen LogP contribution in [0.25, 0.3) is 0 Å². The highest BCUT2D eigenvalue weighted by molar-refractivity contribution is 5.89. The highest BCUT2D eigenvalue weighted by atomic mass is 16.5. The molecule has 0 bridgehead atoms. The standard InChI is InChI=1S/C12H18N2O2/c1-9(15)14-12-8-11(16-3)5-4-10(12)6-7-13-2/h4-5,8,13H,6-7H2,1-3H3,(H,14,15). The van der Waals surface area contributed by atoms with Crippen LogP contribution in [-0.2, 0) is 11.2 Å². The van der Waals surface area contributed by atoms with Crippen molar-refractivity contribution in [2.24, 2.45) is 0 Å². The number of benzene rings is 1. The lowest BCUT2D eigenvalue weighted by atomic mass is 10.1. The van der Waals surface area contributed by atoms with Gasteiger partial charge in [-0.3, -0.25) is 4.79 Å². The Bertz CT molecular complexity index is 364. The fraction of sp³-hybridized carbons (Fsp3) is 0.417. The summed E-state index contributed by atoms with van der Waals surface area (Å²) in [6.07, 6.45) is 0.871. The number of nitrogens with one attached hydrogen (secondary N) is 2. The molecule has 88 valence electrons. The van der Waals surface area contributed by atoms with Crippen molar-refractivity contribution in [3.63, 3.8) is 0 Å². The molecule has 1 rings (SSSR count). The molecule has 0 unspecified atom stereocenters. The molecule has 16 heavy (non-hydrogen) atoms. The first-order chi connectivity index (χ1) is 7.67. The number of methoxy groups -OCH3 is 1. The zero-order valence-electron chi connectivity index (χ0n) is 9.96. The van der Waals surface area contributed by atoms with Crippen molar-refractivity contribution in [2.75, 3.05) is 26.0 Å². The number of likely N-dealkylation sites (N-methyl/N-ethyl adjacent to an activating group) is 1. The average Bonchev–Trinajstić information content (AvgIpc) is 2.26. The monoisotopic (exact) mass is 222 g/mol. The number of amides is 1. The van der Waals surface area contributed by atoms with Crippen LogP contribution in [0.4, 0.5) is 5.69 Å². The summed E-state index contributed by atoms with van der Waals surface area (Å²) in [4.78, 5) is 11.1. The molecule has 0 aromatic heterocycles. The van der Waals surface area contributed by atoms with Gasteiger partial charge in [-0.25, -0.2) is 0 Å². The SMILES string of the molecule is CNCCc1ccc(OC)cc1NC(C)=O. The summed E-state index contributed by atoms with van der Waals surface area (Å²) in [5.74, 6) is 0.677. The van der Waals surface area contributed by atoms with E-state index in [2.05, 4.69) is 10.6 Å². The van der Waals surface area contributed by atoms with Crippen molar-refractivity contribution >= 4 is 11.6 Å². The highest BCUT2D eigenvalue weighted by Gasteiger charge is 2.05. The predicted octanol–water partition coefficient (Wildman–Crippen LogP) is 1.42. The topological polar surface area (TPSA) is 50.4 Å². The summed E-state index contributed by atoms with van der Waals surface area (Å²) in [6.45, 7) is 2.38. The number of hydrogen-bond acceptors (Lipinski definition) is 3. The third-order valence-electron chi connectivity index (χ3n) is 2.27. The largest absolute Gasteiger partial charge is 0.497 e. The molecule has 1 amide bonds. The predicted molar refractivity (Wildman–Crippen MR) is 64.9 cm³/mol. The van der Waals surface area contributed by atoms with E-state index in [0.717, 1.165) is 30.0 Å². The number of carbonyl (C=O) groups excluding carboxylic acids is 1. The molecule has 2 N–H and O–H groups in total. The summed E-state index contributed by atoms with van der Waals surface area (Å²) in [7, 11) is 3.52. The minimum Gasteiger partial charge on any atom is -0.497 e. The summed E-state index contributed by atoms with van der Waals surface area (Å²) < 4.78 is 5.13. The second-order valence-corrected chi connectivity index (χ2v) is 3.56. The second kappa shape index (κ2) is 6.12. The average molecular weight is 222 g/mol. The number of ether oxygens (including phenoxy) is 1. The summed E-state index contributed by atoms with van der Waals surface area (Å²) >= 11 is 0. The Hall–Kier alpha value is -1.55. The van der Waals surface area contributed by atoms with Crippen LogP contribution in [0.5, 0.6) is 5.75 Å². The van der Waals surface area contributed by atoms with Gasteiger partial charge in [0.05, 0.1) is 7.11 Å². The van der Waals surface area contributed by atoms with Crippen LogP contribution in [0.2, 0.25) is 0 Å². The number of rotatable bonds is 5. The van der Waals surface area contributed by atoms with Crippen LogP contribution >= 0.6 is 0 Å². The van der Waals surface area contributed by atoms with Crippen LogP contribution < -0.4 is 15.4 Å². The van der Waals surface area contributed by atoms with Gasteiger partial charge in [0.1, 0.15) is 5.75 Å². The van der Waals surface area contributed by atoms with Crippen LogP contribution in [-0.4, -0.2) is 26.6 Å². The highest BCUT2D eigenvalue weighted by Crippen LogP contribution is 2.22. The van der Waals surface area contributed by atoms with Gasteiger partial charge in [0.15, 0.2) is 0 Å².